The molecule has 0 fully saturated rings. The van der Waals surface area contributed by atoms with Crippen molar-refractivity contribution < 1.29 is 9.66 Å². The molecule has 1 atom stereocenters. The van der Waals surface area contributed by atoms with Gasteiger partial charge in [0.2, 0.25) is 0 Å². The fourth-order valence-electron chi connectivity index (χ4n) is 4.33. The fourth-order valence-corrected chi connectivity index (χ4v) is 4.33. The predicted octanol–water partition coefficient (Wildman–Crippen LogP) is 5.51. The summed E-state index contributed by atoms with van der Waals surface area (Å²) in [6.07, 6.45) is 3.49. The number of rotatable bonds is 7. The number of non-ortho nitro benzene ring substituents is 1. The number of hydrogen-bond donors (Lipinski definition) is 0. The van der Waals surface area contributed by atoms with Crippen molar-refractivity contribution in [2.75, 3.05) is 20.6 Å². The minimum atomic E-state index is -0.368. The Balaban J connectivity index is 1.38. The Morgan fingerprint density at radius 2 is 1.81 bits per heavy atom. The molecule has 0 aromatic heterocycles. The number of ether oxygens (including phenoxy) is 1. The molecule has 4 rings (SSSR count). The van der Waals surface area contributed by atoms with Gasteiger partial charge in [-0.15, -0.1) is 0 Å². The van der Waals surface area contributed by atoms with E-state index in [0.717, 1.165) is 47.7 Å². The number of nitro benzene ring substituents is 1. The van der Waals surface area contributed by atoms with Crippen molar-refractivity contribution in [1.29, 1.82) is 0 Å². The molecule has 1 aliphatic carbocycles. The van der Waals surface area contributed by atoms with E-state index in [2.05, 4.69) is 37.2 Å². The highest BCUT2D eigenvalue weighted by Crippen LogP contribution is 2.29. The average Bonchev–Trinajstić information content (AvgIpc) is 2.77. The Kier molecular flexibility index (Phi) is 6.33. The summed E-state index contributed by atoms with van der Waals surface area (Å²) in [5.74, 6) is 1.64. The van der Waals surface area contributed by atoms with Gasteiger partial charge in [0.15, 0.2) is 0 Å². The van der Waals surface area contributed by atoms with Gasteiger partial charge in [-0.1, -0.05) is 42.5 Å². The summed E-state index contributed by atoms with van der Waals surface area (Å²) >= 11 is 0. The summed E-state index contributed by atoms with van der Waals surface area (Å²) in [5.41, 5.74) is 5.82. The van der Waals surface area contributed by atoms with Crippen molar-refractivity contribution in [3.63, 3.8) is 0 Å². The van der Waals surface area contributed by atoms with E-state index in [1.807, 2.05) is 30.3 Å². The van der Waals surface area contributed by atoms with Gasteiger partial charge in [-0.05, 0) is 79.2 Å². The second-order valence-corrected chi connectivity index (χ2v) is 8.59. The van der Waals surface area contributed by atoms with Crippen LogP contribution in [0.1, 0.15) is 23.1 Å². The third kappa shape index (κ3) is 5.30. The third-order valence-electron chi connectivity index (χ3n) is 5.88. The lowest BCUT2D eigenvalue weighted by Gasteiger charge is -2.27. The first-order chi connectivity index (χ1) is 15.0. The molecule has 0 saturated heterocycles. The van der Waals surface area contributed by atoms with Crippen LogP contribution in [0.5, 0.6) is 5.75 Å². The normalized spacial score (nSPS) is 15.5. The molecule has 0 spiro atoms. The number of benzene rings is 3. The topological polar surface area (TPSA) is 55.6 Å². The molecule has 5 nitrogen and oxygen atoms in total. The molecule has 1 unspecified atom stereocenters. The van der Waals surface area contributed by atoms with Crippen molar-refractivity contribution in [3.8, 4) is 16.9 Å². The molecule has 0 radical (unpaired) electrons. The van der Waals surface area contributed by atoms with Crippen LogP contribution in [-0.4, -0.2) is 30.5 Å². The van der Waals surface area contributed by atoms with Gasteiger partial charge in [-0.25, -0.2) is 0 Å². The standard InChI is InChI=1S/C26H28N2O3/c1-27(2)17-20-8-11-24-16-26(13-12-23(24)14-20)31-18-19-6-9-21(10-7-19)22-4-3-5-25(15-22)28(29)30/h3-7,9-10,12-13,15-16,20H,8,11,14,17-18H2,1-2H3. The van der Waals surface area contributed by atoms with Crippen molar-refractivity contribution in [2.45, 2.75) is 25.9 Å². The van der Waals surface area contributed by atoms with Crippen LogP contribution in [0.2, 0.25) is 0 Å². The van der Waals surface area contributed by atoms with Crippen LogP contribution in [0.15, 0.2) is 66.7 Å². The first-order valence-corrected chi connectivity index (χ1v) is 10.7. The summed E-state index contributed by atoms with van der Waals surface area (Å²) in [6, 6.07) is 21.2. The molecule has 1 aliphatic rings. The number of nitro groups is 1. The zero-order valence-electron chi connectivity index (χ0n) is 18.1. The molecule has 0 bridgehead atoms. The monoisotopic (exact) mass is 416 g/mol. The van der Waals surface area contributed by atoms with Crippen LogP contribution in [0.4, 0.5) is 5.69 Å². The Morgan fingerprint density at radius 3 is 2.55 bits per heavy atom. The lowest BCUT2D eigenvalue weighted by Crippen LogP contribution is -2.26. The lowest BCUT2D eigenvalue weighted by molar-refractivity contribution is -0.384. The molecule has 3 aromatic rings. The summed E-state index contributed by atoms with van der Waals surface area (Å²) in [5, 5.41) is 11.0. The Labute approximate surface area is 183 Å². The zero-order valence-corrected chi connectivity index (χ0v) is 18.1. The molecule has 0 heterocycles. The summed E-state index contributed by atoms with van der Waals surface area (Å²) in [4.78, 5) is 12.9. The number of aryl methyl sites for hydroxylation is 1. The molecule has 0 saturated carbocycles. The second kappa shape index (κ2) is 9.31. The molecule has 0 amide bonds. The lowest BCUT2D eigenvalue weighted by atomic mass is 9.83. The number of hydrogen-bond acceptors (Lipinski definition) is 4. The number of fused-ring (bicyclic) bond motifs is 1. The van der Waals surface area contributed by atoms with Crippen molar-refractivity contribution in [2.24, 2.45) is 5.92 Å². The van der Waals surface area contributed by atoms with E-state index in [-0.39, 0.29) is 10.6 Å². The van der Waals surface area contributed by atoms with Gasteiger partial charge in [0.1, 0.15) is 12.4 Å². The van der Waals surface area contributed by atoms with E-state index >= 15 is 0 Å². The van der Waals surface area contributed by atoms with Gasteiger partial charge in [-0.3, -0.25) is 10.1 Å². The van der Waals surface area contributed by atoms with Gasteiger partial charge >= 0.3 is 0 Å². The van der Waals surface area contributed by atoms with E-state index in [1.54, 1.807) is 12.1 Å². The first-order valence-electron chi connectivity index (χ1n) is 10.7. The average molecular weight is 417 g/mol. The maximum atomic E-state index is 11.0. The smallest absolute Gasteiger partial charge is 0.270 e. The highest BCUT2D eigenvalue weighted by Gasteiger charge is 2.19. The zero-order chi connectivity index (χ0) is 21.8. The first kappa shape index (κ1) is 21.1. The molecule has 5 heteroatoms. The summed E-state index contributed by atoms with van der Waals surface area (Å²) in [7, 11) is 4.28. The largest absolute Gasteiger partial charge is 0.489 e. The van der Waals surface area contributed by atoms with E-state index in [1.165, 1.54) is 23.6 Å². The highest BCUT2D eigenvalue weighted by molar-refractivity contribution is 5.66. The second-order valence-electron chi connectivity index (χ2n) is 8.59. The Hall–Kier alpha value is -3.18. The van der Waals surface area contributed by atoms with Crippen LogP contribution in [0.25, 0.3) is 11.1 Å². The minimum absolute atomic E-state index is 0.102. The molecular formula is C26H28N2O3. The van der Waals surface area contributed by atoms with E-state index < -0.39 is 0 Å². The maximum Gasteiger partial charge on any atom is 0.270 e. The molecular weight excluding hydrogens is 388 g/mol. The quantitative estimate of drug-likeness (QED) is 0.377. The van der Waals surface area contributed by atoms with Crippen molar-refractivity contribution >= 4 is 5.69 Å². The van der Waals surface area contributed by atoms with Gasteiger partial charge < -0.3 is 9.64 Å². The van der Waals surface area contributed by atoms with Crippen molar-refractivity contribution in [3.05, 3.63) is 93.5 Å². The van der Waals surface area contributed by atoms with Crippen molar-refractivity contribution in [1.82, 2.24) is 4.90 Å². The highest BCUT2D eigenvalue weighted by atomic mass is 16.6. The molecule has 3 aromatic carbocycles. The van der Waals surface area contributed by atoms with Gasteiger partial charge in [0, 0.05) is 18.7 Å². The minimum Gasteiger partial charge on any atom is -0.489 e. The van der Waals surface area contributed by atoms with Crippen LogP contribution >= 0.6 is 0 Å². The van der Waals surface area contributed by atoms with Gasteiger partial charge in [0.25, 0.3) is 5.69 Å². The third-order valence-corrected chi connectivity index (χ3v) is 5.88. The number of nitrogens with zero attached hydrogens (tertiary/aromatic N) is 2. The van der Waals surface area contributed by atoms with E-state index in [0.29, 0.717) is 6.61 Å². The maximum absolute atomic E-state index is 11.0. The van der Waals surface area contributed by atoms with E-state index in [4.69, 9.17) is 4.74 Å². The van der Waals surface area contributed by atoms with Gasteiger partial charge in [-0.2, -0.15) is 0 Å². The summed E-state index contributed by atoms with van der Waals surface area (Å²) in [6.45, 7) is 1.64. The molecule has 0 N–H and O–H groups in total. The fraction of sp³-hybridized carbons (Fsp3) is 0.308. The SMILES string of the molecule is CN(C)CC1CCc2cc(OCc3ccc(-c4cccc([N+](=O)[O-])c4)cc3)ccc2C1. The molecule has 31 heavy (non-hydrogen) atoms. The molecule has 0 aliphatic heterocycles. The van der Waals surface area contributed by atoms with E-state index in [9.17, 15) is 10.1 Å². The molecule has 160 valence electrons. The van der Waals surface area contributed by atoms with Crippen LogP contribution in [0, 0.1) is 16.0 Å². The Morgan fingerprint density at radius 1 is 1.00 bits per heavy atom. The predicted molar refractivity (Wildman–Crippen MR) is 123 cm³/mol. The Bertz CT molecular complexity index is 1060. The van der Waals surface area contributed by atoms with Gasteiger partial charge in [0.05, 0.1) is 4.92 Å². The van der Waals surface area contributed by atoms with Crippen LogP contribution < -0.4 is 4.74 Å². The van der Waals surface area contributed by atoms with Crippen LogP contribution in [0.3, 0.4) is 0 Å². The summed E-state index contributed by atoms with van der Waals surface area (Å²) < 4.78 is 6.05. The van der Waals surface area contributed by atoms with Crippen LogP contribution in [-0.2, 0) is 19.4 Å².